The lowest BCUT2D eigenvalue weighted by Gasteiger charge is -2.08. The van der Waals surface area contributed by atoms with Gasteiger partial charge in [0.2, 0.25) is 11.7 Å². The van der Waals surface area contributed by atoms with Gasteiger partial charge in [-0.25, -0.2) is 0 Å². The largest absolute Gasteiger partial charge is 0.469 e. The molecule has 0 bridgehead atoms. The highest BCUT2D eigenvalue weighted by Gasteiger charge is 2.18. The number of aryl methyl sites for hydroxylation is 1. The van der Waals surface area contributed by atoms with Crippen LogP contribution in [-0.4, -0.2) is 10.1 Å². The van der Waals surface area contributed by atoms with Gasteiger partial charge in [0.15, 0.2) is 0 Å². The van der Waals surface area contributed by atoms with Crippen molar-refractivity contribution in [2.24, 2.45) is 11.7 Å². The summed E-state index contributed by atoms with van der Waals surface area (Å²) >= 11 is 0. The van der Waals surface area contributed by atoms with Crippen LogP contribution in [0.1, 0.15) is 38.0 Å². The normalized spacial score (nSPS) is 13.2. The molecule has 0 spiro atoms. The molecule has 92 valence electrons. The second-order valence-corrected chi connectivity index (χ2v) is 4.58. The highest BCUT2D eigenvalue weighted by molar-refractivity contribution is 5.56. The number of hydrogen-bond donors (Lipinski definition) is 1. The van der Waals surface area contributed by atoms with Gasteiger partial charge in [0.1, 0.15) is 5.76 Å². The summed E-state index contributed by atoms with van der Waals surface area (Å²) in [6.45, 7) is 6.08. The molecular weight excluding hydrogens is 218 g/mol. The molecule has 0 aliphatic carbocycles. The van der Waals surface area contributed by atoms with Gasteiger partial charge in [-0.3, -0.25) is 0 Å². The van der Waals surface area contributed by atoms with Gasteiger partial charge in [-0.05, 0) is 25.3 Å². The third kappa shape index (κ3) is 2.55. The summed E-state index contributed by atoms with van der Waals surface area (Å²) in [5, 5.41) is 3.92. The summed E-state index contributed by atoms with van der Waals surface area (Å²) in [6, 6.07) is 1.61. The van der Waals surface area contributed by atoms with E-state index < -0.39 is 0 Å². The molecule has 0 radical (unpaired) electrons. The fourth-order valence-electron chi connectivity index (χ4n) is 1.72. The van der Waals surface area contributed by atoms with E-state index in [1.54, 1.807) is 6.26 Å². The Balaban J connectivity index is 2.19. The molecule has 0 amide bonds. The van der Waals surface area contributed by atoms with Crippen LogP contribution in [0.2, 0.25) is 0 Å². The lowest BCUT2D eigenvalue weighted by atomic mass is 10.0. The summed E-state index contributed by atoms with van der Waals surface area (Å²) in [5.41, 5.74) is 6.83. The second-order valence-electron chi connectivity index (χ2n) is 4.58. The van der Waals surface area contributed by atoms with Crippen LogP contribution in [0.25, 0.3) is 11.4 Å². The fourth-order valence-corrected chi connectivity index (χ4v) is 1.72. The van der Waals surface area contributed by atoms with Crippen LogP contribution in [0.3, 0.4) is 0 Å². The van der Waals surface area contributed by atoms with Gasteiger partial charge in [-0.1, -0.05) is 19.0 Å². The van der Waals surface area contributed by atoms with Crippen molar-refractivity contribution in [2.45, 2.75) is 33.2 Å². The van der Waals surface area contributed by atoms with Crippen LogP contribution in [0.5, 0.6) is 0 Å². The molecule has 0 aliphatic heterocycles. The zero-order valence-corrected chi connectivity index (χ0v) is 10.3. The fraction of sp³-hybridized carbons (Fsp3) is 0.500. The first-order valence-electron chi connectivity index (χ1n) is 5.71. The van der Waals surface area contributed by atoms with Crippen LogP contribution >= 0.6 is 0 Å². The van der Waals surface area contributed by atoms with Crippen molar-refractivity contribution in [3.63, 3.8) is 0 Å². The van der Waals surface area contributed by atoms with E-state index >= 15 is 0 Å². The Hall–Kier alpha value is -1.62. The Bertz CT molecular complexity index is 487. The maximum atomic E-state index is 5.98. The number of nitrogens with two attached hydrogens (primary N) is 1. The molecule has 2 rings (SSSR count). The Morgan fingerprint density at radius 3 is 2.76 bits per heavy atom. The van der Waals surface area contributed by atoms with E-state index in [2.05, 4.69) is 24.0 Å². The molecule has 1 atom stereocenters. The van der Waals surface area contributed by atoms with E-state index in [0.29, 0.717) is 17.6 Å². The summed E-state index contributed by atoms with van der Waals surface area (Å²) in [6.07, 6.45) is 2.43. The second kappa shape index (κ2) is 4.71. The maximum Gasteiger partial charge on any atom is 0.243 e. The smallest absolute Gasteiger partial charge is 0.243 e. The van der Waals surface area contributed by atoms with E-state index in [1.165, 1.54) is 0 Å². The first kappa shape index (κ1) is 11.9. The zero-order chi connectivity index (χ0) is 12.4. The summed E-state index contributed by atoms with van der Waals surface area (Å²) in [4.78, 5) is 4.30. The summed E-state index contributed by atoms with van der Waals surface area (Å²) in [5.74, 6) is 2.28. The molecule has 0 aromatic carbocycles. The third-order valence-corrected chi connectivity index (χ3v) is 2.58. The van der Waals surface area contributed by atoms with E-state index in [0.717, 1.165) is 17.7 Å². The van der Waals surface area contributed by atoms with Gasteiger partial charge >= 0.3 is 0 Å². The molecule has 5 nitrogen and oxygen atoms in total. The molecule has 2 N–H and O–H groups in total. The molecule has 0 fully saturated rings. The molecule has 0 unspecified atom stereocenters. The van der Waals surface area contributed by atoms with E-state index in [1.807, 2.05) is 13.0 Å². The van der Waals surface area contributed by atoms with Gasteiger partial charge in [-0.15, -0.1) is 0 Å². The highest BCUT2D eigenvalue weighted by Crippen LogP contribution is 2.24. The number of furan rings is 1. The van der Waals surface area contributed by atoms with Crippen molar-refractivity contribution in [3.8, 4) is 11.4 Å². The summed E-state index contributed by atoms with van der Waals surface area (Å²) in [7, 11) is 0. The molecular formula is C12H17N3O2. The lowest BCUT2D eigenvalue weighted by molar-refractivity contribution is 0.335. The average molecular weight is 235 g/mol. The van der Waals surface area contributed by atoms with Gasteiger partial charge < -0.3 is 14.7 Å². The monoisotopic (exact) mass is 235 g/mol. The van der Waals surface area contributed by atoms with Crippen molar-refractivity contribution in [1.29, 1.82) is 0 Å². The summed E-state index contributed by atoms with van der Waals surface area (Å²) < 4.78 is 10.4. The molecule has 5 heteroatoms. The highest BCUT2D eigenvalue weighted by atomic mass is 16.5. The number of hydrogen-bond acceptors (Lipinski definition) is 5. The van der Waals surface area contributed by atoms with Crippen molar-refractivity contribution in [2.75, 3.05) is 0 Å². The lowest BCUT2D eigenvalue weighted by Crippen LogP contribution is -2.13. The Labute approximate surface area is 100.0 Å². The SMILES string of the molecule is Cc1occc1-c1noc([C@@H](N)CC(C)C)n1. The average Bonchev–Trinajstić information content (AvgIpc) is 2.84. The molecule has 2 heterocycles. The van der Waals surface area contributed by atoms with E-state index in [4.69, 9.17) is 14.7 Å². The van der Waals surface area contributed by atoms with E-state index in [-0.39, 0.29) is 6.04 Å². The van der Waals surface area contributed by atoms with Crippen molar-refractivity contribution >= 4 is 0 Å². The number of aromatic nitrogens is 2. The Morgan fingerprint density at radius 2 is 2.18 bits per heavy atom. The first-order valence-corrected chi connectivity index (χ1v) is 5.71. The predicted molar refractivity (Wildman–Crippen MR) is 63.1 cm³/mol. The van der Waals surface area contributed by atoms with Crippen LogP contribution in [0.4, 0.5) is 0 Å². The van der Waals surface area contributed by atoms with Crippen molar-refractivity contribution in [1.82, 2.24) is 10.1 Å². The minimum Gasteiger partial charge on any atom is -0.469 e. The van der Waals surface area contributed by atoms with Crippen molar-refractivity contribution < 1.29 is 8.94 Å². The Kier molecular flexibility index (Phi) is 3.28. The van der Waals surface area contributed by atoms with Crippen molar-refractivity contribution in [3.05, 3.63) is 24.0 Å². The minimum absolute atomic E-state index is 0.205. The number of rotatable bonds is 4. The predicted octanol–water partition coefficient (Wildman–Crippen LogP) is 2.68. The molecule has 0 saturated carbocycles. The van der Waals surface area contributed by atoms with Gasteiger partial charge in [0.05, 0.1) is 17.9 Å². The number of nitrogens with zero attached hydrogens (tertiary/aromatic N) is 2. The van der Waals surface area contributed by atoms with Gasteiger partial charge in [-0.2, -0.15) is 4.98 Å². The van der Waals surface area contributed by atoms with Crippen LogP contribution < -0.4 is 5.73 Å². The molecule has 0 aliphatic rings. The molecule has 17 heavy (non-hydrogen) atoms. The zero-order valence-electron chi connectivity index (χ0n) is 10.3. The van der Waals surface area contributed by atoms with Crippen LogP contribution in [-0.2, 0) is 0 Å². The van der Waals surface area contributed by atoms with Gasteiger partial charge in [0.25, 0.3) is 0 Å². The van der Waals surface area contributed by atoms with E-state index in [9.17, 15) is 0 Å². The topological polar surface area (TPSA) is 78.1 Å². The maximum absolute atomic E-state index is 5.98. The first-order chi connectivity index (χ1) is 8.08. The standard InChI is InChI=1S/C12H17N3O2/c1-7(2)6-10(13)12-14-11(15-17-12)9-4-5-16-8(9)3/h4-5,7,10H,6,13H2,1-3H3/t10-/m0/s1. The van der Waals surface area contributed by atoms with Gasteiger partial charge in [0, 0.05) is 0 Å². The minimum atomic E-state index is -0.205. The third-order valence-electron chi connectivity index (χ3n) is 2.58. The molecule has 2 aromatic heterocycles. The van der Waals surface area contributed by atoms with Crippen LogP contribution in [0.15, 0.2) is 21.3 Å². The molecule has 2 aromatic rings. The molecule has 0 saturated heterocycles. The quantitative estimate of drug-likeness (QED) is 0.881. The Morgan fingerprint density at radius 1 is 1.41 bits per heavy atom. The van der Waals surface area contributed by atoms with Crippen LogP contribution in [0, 0.1) is 12.8 Å².